The van der Waals surface area contributed by atoms with Gasteiger partial charge in [-0.2, -0.15) is 0 Å². The maximum atomic E-state index is 11.6. The average Bonchev–Trinajstić information content (AvgIpc) is 2.46. The van der Waals surface area contributed by atoms with E-state index in [9.17, 15) is 4.79 Å². The van der Waals surface area contributed by atoms with E-state index in [1.807, 2.05) is 24.3 Å². The fourth-order valence-corrected chi connectivity index (χ4v) is 1.73. The second-order valence-corrected chi connectivity index (χ2v) is 4.19. The molecule has 0 heterocycles. The van der Waals surface area contributed by atoms with E-state index in [1.54, 1.807) is 6.92 Å². The van der Waals surface area contributed by atoms with Crippen molar-refractivity contribution in [2.75, 3.05) is 20.3 Å². The molecular formula is C16H20O4. The van der Waals surface area contributed by atoms with Crippen LogP contribution in [0.15, 0.2) is 24.3 Å². The van der Waals surface area contributed by atoms with Gasteiger partial charge in [0.1, 0.15) is 6.61 Å². The van der Waals surface area contributed by atoms with Crippen LogP contribution in [0.25, 0.3) is 0 Å². The molecular weight excluding hydrogens is 256 g/mol. The molecule has 1 N–H and O–H groups in total. The third-order valence-corrected chi connectivity index (χ3v) is 2.77. The van der Waals surface area contributed by atoms with E-state index < -0.39 is 6.10 Å². The van der Waals surface area contributed by atoms with Gasteiger partial charge in [-0.25, -0.2) is 4.79 Å². The van der Waals surface area contributed by atoms with Gasteiger partial charge in [0.05, 0.1) is 6.61 Å². The van der Waals surface area contributed by atoms with Crippen molar-refractivity contribution in [3.8, 4) is 11.8 Å². The Balaban J connectivity index is 2.61. The predicted molar refractivity (Wildman–Crippen MR) is 76.1 cm³/mol. The minimum absolute atomic E-state index is 0.118. The van der Waals surface area contributed by atoms with Crippen molar-refractivity contribution in [2.45, 2.75) is 25.9 Å². The SMILES string of the molecule is CCOC(=O)C(Cc1ccc(CC#CCO)cc1)OC. The van der Waals surface area contributed by atoms with Crippen molar-refractivity contribution in [3.63, 3.8) is 0 Å². The highest BCUT2D eigenvalue weighted by molar-refractivity contribution is 5.75. The summed E-state index contributed by atoms with van der Waals surface area (Å²) in [7, 11) is 1.50. The summed E-state index contributed by atoms with van der Waals surface area (Å²) in [6, 6.07) is 7.81. The Kier molecular flexibility index (Phi) is 7.41. The molecule has 0 aliphatic rings. The molecule has 0 aromatic heterocycles. The van der Waals surface area contributed by atoms with E-state index in [1.165, 1.54) is 7.11 Å². The lowest BCUT2D eigenvalue weighted by Crippen LogP contribution is -2.27. The van der Waals surface area contributed by atoms with Gasteiger partial charge < -0.3 is 14.6 Å². The number of methoxy groups -OCH3 is 1. The number of carbonyl (C=O) groups excluding carboxylic acids is 1. The van der Waals surface area contributed by atoms with E-state index in [-0.39, 0.29) is 12.6 Å². The molecule has 4 heteroatoms. The van der Waals surface area contributed by atoms with Crippen molar-refractivity contribution >= 4 is 5.97 Å². The molecule has 0 aliphatic carbocycles. The van der Waals surface area contributed by atoms with Gasteiger partial charge in [0.2, 0.25) is 0 Å². The molecule has 1 unspecified atom stereocenters. The van der Waals surface area contributed by atoms with Crippen LogP contribution in [-0.4, -0.2) is 37.5 Å². The molecule has 0 spiro atoms. The first-order chi connectivity index (χ1) is 9.71. The number of hydrogen-bond donors (Lipinski definition) is 1. The first-order valence-corrected chi connectivity index (χ1v) is 6.55. The largest absolute Gasteiger partial charge is 0.464 e. The van der Waals surface area contributed by atoms with Crippen molar-refractivity contribution in [1.82, 2.24) is 0 Å². The second kappa shape index (κ2) is 9.13. The van der Waals surface area contributed by atoms with Crippen LogP contribution < -0.4 is 0 Å². The van der Waals surface area contributed by atoms with Gasteiger partial charge in [0.15, 0.2) is 6.10 Å². The third-order valence-electron chi connectivity index (χ3n) is 2.77. The summed E-state index contributed by atoms with van der Waals surface area (Å²) in [5, 5.41) is 8.58. The van der Waals surface area contributed by atoms with E-state index >= 15 is 0 Å². The number of aliphatic hydroxyl groups excluding tert-OH is 1. The number of aliphatic hydroxyl groups is 1. The zero-order valence-corrected chi connectivity index (χ0v) is 11.9. The zero-order valence-electron chi connectivity index (χ0n) is 11.9. The maximum absolute atomic E-state index is 11.6. The van der Waals surface area contributed by atoms with Crippen LogP contribution in [0, 0.1) is 11.8 Å². The van der Waals surface area contributed by atoms with Gasteiger partial charge in [-0.3, -0.25) is 0 Å². The molecule has 1 aromatic carbocycles. The number of rotatable bonds is 6. The molecule has 0 amide bonds. The van der Waals surface area contributed by atoms with Crippen LogP contribution in [-0.2, 0) is 27.1 Å². The lowest BCUT2D eigenvalue weighted by molar-refractivity contribution is -0.154. The molecule has 0 saturated carbocycles. The summed E-state index contributed by atoms with van der Waals surface area (Å²) >= 11 is 0. The minimum Gasteiger partial charge on any atom is -0.464 e. The number of ether oxygens (including phenoxy) is 2. The van der Waals surface area contributed by atoms with E-state index in [2.05, 4.69) is 11.8 Å². The Hall–Kier alpha value is -1.83. The average molecular weight is 276 g/mol. The molecule has 1 aromatic rings. The standard InChI is InChI=1S/C16H20O4/c1-3-20-16(18)15(19-2)12-14-9-7-13(8-10-14)6-4-5-11-17/h7-10,15,17H,3,6,11-12H2,1-2H3. The summed E-state index contributed by atoms with van der Waals surface area (Å²) in [5.74, 6) is 5.13. The Labute approximate surface area is 119 Å². The van der Waals surface area contributed by atoms with Gasteiger partial charge >= 0.3 is 5.97 Å². The number of benzene rings is 1. The summed E-state index contributed by atoms with van der Waals surface area (Å²) in [6.45, 7) is 2.00. The van der Waals surface area contributed by atoms with Gasteiger partial charge in [-0.15, -0.1) is 0 Å². The fourth-order valence-electron chi connectivity index (χ4n) is 1.73. The van der Waals surface area contributed by atoms with Crippen LogP contribution >= 0.6 is 0 Å². The highest BCUT2D eigenvalue weighted by atomic mass is 16.6. The monoisotopic (exact) mass is 276 g/mol. The third kappa shape index (κ3) is 5.43. The maximum Gasteiger partial charge on any atom is 0.335 e. The highest BCUT2D eigenvalue weighted by Gasteiger charge is 2.19. The summed E-state index contributed by atoms with van der Waals surface area (Å²) < 4.78 is 10.1. The van der Waals surface area contributed by atoms with E-state index in [0.717, 1.165) is 11.1 Å². The fraction of sp³-hybridized carbons (Fsp3) is 0.438. The molecule has 0 aliphatic heterocycles. The Bertz CT molecular complexity index is 467. The minimum atomic E-state index is -0.574. The second-order valence-electron chi connectivity index (χ2n) is 4.19. The zero-order chi connectivity index (χ0) is 14.8. The predicted octanol–water partition coefficient (Wildman–Crippen LogP) is 1.35. The molecule has 1 rings (SSSR count). The van der Waals surface area contributed by atoms with Crippen LogP contribution in [0.2, 0.25) is 0 Å². The summed E-state index contributed by atoms with van der Waals surface area (Å²) in [5.41, 5.74) is 2.07. The van der Waals surface area contributed by atoms with E-state index in [4.69, 9.17) is 14.6 Å². The Morgan fingerprint density at radius 2 is 1.90 bits per heavy atom. The highest BCUT2D eigenvalue weighted by Crippen LogP contribution is 2.10. The quantitative estimate of drug-likeness (QED) is 0.629. The molecule has 1 atom stereocenters. The number of hydrogen-bond acceptors (Lipinski definition) is 4. The first kappa shape index (κ1) is 16.2. The molecule has 0 fully saturated rings. The Morgan fingerprint density at radius 1 is 1.25 bits per heavy atom. The van der Waals surface area contributed by atoms with Crippen molar-refractivity contribution in [2.24, 2.45) is 0 Å². The van der Waals surface area contributed by atoms with Gasteiger partial charge in [0.25, 0.3) is 0 Å². The van der Waals surface area contributed by atoms with Crippen LogP contribution in [0.1, 0.15) is 18.1 Å². The molecule has 4 nitrogen and oxygen atoms in total. The number of carbonyl (C=O) groups is 1. The van der Waals surface area contributed by atoms with Gasteiger partial charge in [-0.05, 0) is 18.1 Å². The van der Waals surface area contributed by atoms with Gasteiger partial charge in [-0.1, -0.05) is 36.1 Å². The van der Waals surface area contributed by atoms with Crippen LogP contribution in [0.4, 0.5) is 0 Å². The summed E-state index contributed by atoms with van der Waals surface area (Å²) in [6.07, 6.45) is 0.514. The lowest BCUT2D eigenvalue weighted by atomic mass is 10.0. The number of esters is 1. The van der Waals surface area contributed by atoms with Crippen molar-refractivity contribution < 1.29 is 19.4 Å². The van der Waals surface area contributed by atoms with Crippen LogP contribution in [0.3, 0.4) is 0 Å². The molecule has 108 valence electrons. The van der Waals surface area contributed by atoms with Crippen LogP contribution in [0.5, 0.6) is 0 Å². The van der Waals surface area contributed by atoms with E-state index in [0.29, 0.717) is 19.4 Å². The molecule has 0 radical (unpaired) electrons. The summed E-state index contributed by atoms with van der Waals surface area (Å²) in [4.78, 5) is 11.6. The van der Waals surface area contributed by atoms with Gasteiger partial charge in [0, 0.05) is 20.0 Å². The Morgan fingerprint density at radius 3 is 2.45 bits per heavy atom. The smallest absolute Gasteiger partial charge is 0.335 e. The van der Waals surface area contributed by atoms with Crippen molar-refractivity contribution in [3.05, 3.63) is 35.4 Å². The topological polar surface area (TPSA) is 55.8 Å². The lowest BCUT2D eigenvalue weighted by Gasteiger charge is -2.13. The normalized spacial score (nSPS) is 11.3. The van der Waals surface area contributed by atoms with Crippen molar-refractivity contribution in [1.29, 1.82) is 0 Å². The first-order valence-electron chi connectivity index (χ1n) is 6.55. The molecule has 0 bridgehead atoms. The molecule has 0 saturated heterocycles. The molecule has 20 heavy (non-hydrogen) atoms.